The van der Waals surface area contributed by atoms with Crippen LogP contribution in [0.5, 0.6) is 0 Å². The summed E-state index contributed by atoms with van der Waals surface area (Å²) < 4.78 is 4.99. The monoisotopic (exact) mass is 371 g/mol. The van der Waals surface area contributed by atoms with E-state index in [9.17, 15) is 4.79 Å². The second kappa shape index (κ2) is 9.05. The van der Waals surface area contributed by atoms with Crippen molar-refractivity contribution in [3.8, 4) is 11.3 Å². The Bertz CT molecular complexity index is 745. The predicted molar refractivity (Wildman–Crippen MR) is 107 cm³/mol. The zero-order valence-corrected chi connectivity index (χ0v) is 16.1. The number of nitrogens with zero attached hydrogens (tertiary/aromatic N) is 1. The number of hydrogen-bond donors (Lipinski definition) is 2. The molecule has 1 amide bonds. The number of aromatic nitrogens is 1. The molecule has 0 unspecified atom stereocenters. The minimum atomic E-state index is -0.128. The fourth-order valence-electron chi connectivity index (χ4n) is 2.62. The van der Waals surface area contributed by atoms with E-state index in [2.05, 4.69) is 41.2 Å². The highest BCUT2D eigenvalue weighted by Crippen LogP contribution is 2.30. The van der Waals surface area contributed by atoms with Gasteiger partial charge in [0.2, 0.25) is 0 Å². The molecular formula is C20H25N3O2S. The standard InChI is InChI=1S/C20H25N3O2S/c1-25-12-11-21-20(24)17-9-10-18(15-5-7-16(26-2)8-6-15)23-19(17)22-13-14-3-4-14/h5-10,14H,3-4,11-13H2,1-2H3,(H,21,24)(H,22,23). The maximum absolute atomic E-state index is 12.5. The van der Waals surface area contributed by atoms with Crippen molar-refractivity contribution in [3.63, 3.8) is 0 Å². The molecule has 1 aliphatic rings. The van der Waals surface area contributed by atoms with Crippen LogP contribution in [-0.4, -0.2) is 44.0 Å². The van der Waals surface area contributed by atoms with E-state index in [1.54, 1.807) is 18.9 Å². The third-order valence-electron chi connectivity index (χ3n) is 4.37. The summed E-state index contributed by atoms with van der Waals surface area (Å²) in [5.41, 5.74) is 2.49. The summed E-state index contributed by atoms with van der Waals surface area (Å²) in [6, 6.07) is 12.1. The lowest BCUT2D eigenvalue weighted by Crippen LogP contribution is -2.28. The number of benzene rings is 1. The summed E-state index contributed by atoms with van der Waals surface area (Å²) in [7, 11) is 1.62. The molecule has 1 fully saturated rings. The van der Waals surface area contributed by atoms with E-state index in [1.807, 2.05) is 12.1 Å². The van der Waals surface area contributed by atoms with E-state index in [1.165, 1.54) is 17.7 Å². The van der Waals surface area contributed by atoms with E-state index in [4.69, 9.17) is 9.72 Å². The number of anilines is 1. The van der Waals surface area contributed by atoms with Crippen LogP contribution in [0.2, 0.25) is 0 Å². The minimum Gasteiger partial charge on any atom is -0.383 e. The van der Waals surface area contributed by atoms with Crippen molar-refractivity contribution in [1.82, 2.24) is 10.3 Å². The van der Waals surface area contributed by atoms with Crippen LogP contribution < -0.4 is 10.6 Å². The highest BCUT2D eigenvalue weighted by Gasteiger charge is 2.22. The van der Waals surface area contributed by atoms with Gasteiger partial charge in [-0.2, -0.15) is 0 Å². The van der Waals surface area contributed by atoms with Crippen molar-refractivity contribution < 1.29 is 9.53 Å². The number of ether oxygens (including phenoxy) is 1. The van der Waals surface area contributed by atoms with Crippen LogP contribution in [0.1, 0.15) is 23.2 Å². The molecule has 26 heavy (non-hydrogen) atoms. The van der Waals surface area contributed by atoms with E-state index in [0.29, 0.717) is 30.5 Å². The van der Waals surface area contributed by atoms with Crippen molar-refractivity contribution in [2.75, 3.05) is 38.4 Å². The number of pyridine rings is 1. The molecular weight excluding hydrogens is 346 g/mol. The van der Waals surface area contributed by atoms with Gasteiger partial charge in [-0.15, -0.1) is 11.8 Å². The second-order valence-corrected chi connectivity index (χ2v) is 7.27. The quantitative estimate of drug-likeness (QED) is 0.520. The third kappa shape index (κ3) is 4.99. The predicted octanol–water partition coefficient (Wildman–Crippen LogP) is 3.67. The molecule has 0 spiro atoms. The number of thioether (sulfide) groups is 1. The van der Waals surface area contributed by atoms with Gasteiger partial charge in [-0.1, -0.05) is 12.1 Å². The lowest BCUT2D eigenvalue weighted by molar-refractivity contribution is 0.0937. The highest BCUT2D eigenvalue weighted by molar-refractivity contribution is 7.98. The molecule has 138 valence electrons. The van der Waals surface area contributed by atoms with Gasteiger partial charge in [-0.05, 0) is 49.3 Å². The van der Waals surface area contributed by atoms with Crippen molar-refractivity contribution >= 4 is 23.5 Å². The molecule has 1 aromatic heterocycles. The molecule has 1 heterocycles. The highest BCUT2D eigenvalue weighted by atomic mass is 32.2. The van der Waals surface area contributed by atoms with Crippen LogP contribution in [0.15, 0.2) is 41.3 Å². The van der Waals surface area contributed by atoms with Crippen molar-refractivity contribution in [3.05, 3.63) is 42.0 Å². The van der Waals surface area contributed by atoms with E-state index < -0.39 is 0 Å². The normalized spacial score (nSPS) is 13.5. The number of carbonyl (C=O) groups excluding carboxylic acids is 1. The average Bonchev–Trinajstić information content (AvgIpc) is 3.51. The lowest BCUT2D eigenvalue weighted by Gasteiger charge is -2.13. The van der Waals surface area contributed by atoms with Crippen LogP contribution in [0.4, 0.5) is 5.82 Å². The molecule has 2 aromatic rings. The smallest absolute Gasteiger partial charge is 0.255 e. The topological polar surface area (TPSA) is 63.2 Å². The van der Waals surface area contributed by atoms with Gasteiger partial charge < -0.3 is 15.4 Å². The van der Waals surface area contributed by atoms with Crippen LogP contribution in [0, 0.1) is 5.92 Å². The minimum absolute atomic E-state index is 0.128. The van der Waals surface area contributed by atoms with Crippen LogP contribution in [0.3, 0.4) is 0 Å². The molecule has 2 N–H and O–H groups in total. The Kier molecular flexibility index (Phi) is 6.52. The third-order valence-corrected chi connectivity index (χ3v) is 5.12. The number of amides is 1. The summed E-state index contributed by atoms with van der Waals surface area (Å²) in [6.07, 6.45) is 4.56. The molecule has 0 atom stereocenters. The van der Waals surface area contributed by atoms with Gasteiger partial charge in [0.05, 0.1) is 17.9 Å². The van der Waals surface area contributed by atoms with Crippen molar-refractivity contribution in [1.29, 1.82) is 0 Å². The molecule has 0 bridgehead atoms. The van der Waals surface area contributed by atoms with Gasteiger partial charge in [-0.3, -0.25) is 4.79 Å². The first-order valence-corrected chi connectivity index (χ1v) is 10.1. The lowest BCUT2D eigenvalue weighted by atomic mass is 10.1. The molecule has 3 rings (SSSR count). The zero-order valence-electron chi connectivity index (χ0n) is 15.2. The second-order valence-electron chi connectivity index (χ2n) is 6.39. The van der Waals surface area contributed by atoms with Gasteiger partial charge >= 0.3 is 0 Å². The Morgan fingerprint density at radius 1 is 1.23 bits per heavy atom. The Morgan fingerprint density at radius 2 is 2.00 bits per heavy atom. The molecule has 5 nitrogen and oxygen atoms in total. The van der Waals surface area contributed by atoms with E-state index in [-0.39, 0.29) is 5.91 Å². The molecule has 0 aliphatic heterocycles. The summed E-state index contributed by atoms with van der Waals surface area (Å²) >= 11 is 1.71. The fourth-order valence-corrected chi connectivity index (χ4v) is 3.03. The fraction of sp³-hybridized carbons (Fsp3) is 0.400. The van der Waals surface area contributed by atoms with E-state index in [0.717, 1.165) is 17.8 Å². The average molecular weight is 372 g/mol. The van der Waals surface area contributed by atoms with Gasteiger partial charge in [0.1, 0.15) is 5.82 Å². The van der Waals surface area contributed by atoms with Crippen LogP contribution in [-0.2, 0) is 4.74 Å². The van der Waals surface area contributed by atoms with E-state index >= 15 is 0 Å². The SMILES string of the molecule is COCCNC(=O)c1ccc(-c2ccc(SC)cc2)nc1NCC1CC1. The largest absolute Gasteiger partial charge is 0.383 e. The summed E-state index contributed by atoms with van der Waals surface area (Å²) in [5, 5.41) is 6.24. The van der Waals surface area contributed by atoms with Crippen LogP contribution in [0.25, 0.3) is 11.3 Å². The molecule has 1 saturated carbocycles. The zero-order chi connectivity index (χ0) is 18.4. The Morgan fingerprint density at radius 3 is 2.65 bits per heavy atom. The number of hydrogen-bond acceptors (Lipinski definition) is 5. The van der Waals surface area contributed by atoms with Gasteiger partial charge in [-0.25, -0.2) is 4.98 Å². The number of rotatable bonds is 9. The number of carbonyl (C=O) groups is 1. The summed E-state index contributed by atoms with van der Waals surface area (Å²) in [4.78, 5) is 18.4. The first-order valence-electron chi connectivity index (χ1n) is 8.87. The number of methoxy groups -OCH3 is 1. The number of nitrogens with one attached hydrogen (secondary N) is 2. The first kappa shape index (κ1) is 18.7. The van der Waals surface area contributed by atoms with Crippen LogP contribution >= 0.6 is 11.8 Å². The van der Waals surface area contributed by atoms with Gasteiger partial charge in [0, 0.05) is 30.7 Å². The Balaban J connectivity index is 1.82. The summed E-state index contributed by atoms with van der Waals surface area (Å²) in [5.74, 6) is 1.22. The molecule has 6 heteroatoms. The van der Waals surface area contributed by atoms with Crippen molar-refractivity contribution in [2.45, 2.75) is 17.7 Å². The maximum Gasteiger partial charge on any atom is 0.255 e. The van der Waals surface area contributed by atoms with Gasteiger partial charge in [0.25, 0.3) is 5.91 Å². The van der Waals surface area contributed by atoms with Gasteiger partial charge in [0.15, 0.2) is 0 Å². The first-order chi connectivity index (χ1) is 12.7. The maximum atomic E-state index is 12.5. The molecule has 1 aliphatic carbocycles. The molecule has 0 saturated heterocycles. The Labute approximate surface area is 158 Å². The molecule has 0 radical (unpaired) electrons. The summed E-state index contributed by atoms with van der Waals surface area (Å²) in [6.45, 7) is 1.83. The Hall–Kier alpha value is -2.05. The van der Waals surface area contributed by atoms with Crippen molar-refractivity contribution in [2.24, 2.45) is 5.92 Å². The molecule has 1 aromatic carbocycles.